The fourth-order valence-electron chi connectivity index (χ4n) is 3.55. The van der Waals surface area contributed by atoms with E-state index < -0.39 is 5.97 Å². The molecule has 25 heavy (non-hydrogen) atoms. The van der Waals surface area contributed by atoms with Crippen molar-refractivity contribution >= 4 is 5.97 Å². The van der Waals surface area contributed by atoms with Gasteiger partial charge >= 0.3 is 5.97 Å². The van der Waals surface area contributed by atoms with Crippen LogP contribution >= 0.6 is 0 Å². The molecule has 0 aliphatic carbocycles. The molecule has 1 aliphatic rings. The minimum Gasteiger partial charge on any atom is -0.478 e. The zero-order chi connectivity index (χ0) is 18.0. The second kappa shape index (κ2) is 7.31. The van der Waals surface area contributed by atoms with E-state index in [4.69, 9.17) is 0 Å². The molecule has 5 nitrogen and oxygen atoms in total. The number of benzene rings is 1. The number of hydrogen-bond acceptors (Lipinski definition) is 4. The molecule has 1 saturated heterocycles. The summed E-state index contributed by atoms with van der Waals surface area (Å²) < 4.78 is 0. The number of aryl methyl sites for hydroxylation is 1. The summed E-state index contributed by atoms with van der Waals surface area (Å²) in [4.78, 5) is 23.2. The van der Waals surface area contributed by atoms with Gasteiger partial charge < -0.3 is 10.0 Å². The lowest BCUT2D eigenvalue weighted by Crippen LogP contribution is -2.39. The third kappa shape index (κ3) is 3.87. The Kier molecular flexibility index (Phi) is 5.13. The molecule has 5 heteroatoms. The number of carboxylic acid groups (broad SMARTS) is 1. The Morgan fingerprint density at radius 3 is 2.76 bits per heavy atom. The van der Waals surface area contributed by atoms with Crippen LogP contribution in [0.5, 0.6) is 0 Å². The van der Waals surface area contributed by atoms with Crippen molar-refractivity contribution in [1.29, 1.82) is 0 Å². The van der Waals surface area contributed by atoms with Gasteiger partial charge in [-0.15, -0.1) is 0 Å². The quantitative estimate of drug-likeness (QED) is 0.919. The lowest BCUT2D eigenvalue weighted by molar-refractivity contribution is 0.0697. The van der Waals surface area contributed by atoms with Gasteiger partial charge in [-0.2, -0.15) is 0 Å². The van der Waals surface area contributed by atoms with Crippen LogP contribution in [0.25, 0.3) is 11.3 Å². The number of aromatic nitrogens is 2. The fraction of sp³-hybridized carbons (Fsp3) is 0.450. The second-order valence-corrected chi connectivity index (χ2v) is 7.00. The molecule has 132 valence electrons. The third-order valence-electron chi connectivity index (χ3n) is 4.89. The molecule has 2 aromatic rings. The van der Waals surface area contributed by atoms with E-state index in [0.717, 1.165) is 31.6 Å². The standard InChI is InChI=1S/C20H25N3O2/c1-13(2)23-10-6-7-15(12-23)18-11-19(22-14(3)21-18)16-8-4-5-9-17(16)20(24)25/h4-5,8-9,11,13,15H,6-7,10,12H2,1-3H3,(H,24,25). The van der Waals surface area contributed by atoms with Crippen molar-refractivity contribution in [3.8, 4) is 11.3 Å². The molecule has 1 aliphatic heterocycles. The normalized spacial score (nSPS) is 18.5. The molecule has 0 amide bonds. The molecular weight excluding hydrogens is 314 g/mol. The van der Waals surface area contributed by atoms with Crippen LogP contribution in [0.3, 0.4) is 0 Å². The Hall–Kier alpha value is -2.27. The molecule has 3 rings (SSSR count). The van der Waals surface area contributed by atoms with Gasteiger partial charge in [-0.05, 0) is 52.3 Å². The fourth-order valence-corrected chi connectivity index (χ4v) is 3.55. The van der Waals surface area contributed by atoms with Crippen LogP contribution in [0.2, 0.25) is 0 Å². The highest BCUT2D eigenvalue weighted by atomic mass is 16.4. The largest absolute Gasteiger partial charge is 0.478 e. The molecule has 2 heterocycles. The zero-order valence-corrected chi connectivity index (χ0v) is 15.1. The summed E-state index contributed by atoms with van der Waals surface area (Å²) in [6.45, 7) is 8.45. The number of carbonyl (C=O) groups is 1. The second-order valence-electron chi connectivity index (χ2n) is 7.00. The van der Waals surface area contributed by atoms with E-state index in [9.17, 15) is 9.90 Å². The summed E-state index contributed by atoms with van der Waals surface area (Å²) in [6, 6.07) is 9.52. The zero-order valence-electron chi connectivity index (χ0n) is 15.1. The van der Waals surface area contributed by atoms with Gasteiger partial charge in [0.1, 0.15) is 5.82 Å². The first kappa shape index (κ1) is 17.5. The van der Waals surface area contributed by atoms with E-state index >= 15 is 0 Å². The van der Waals surface area contributed by atoms with Crippen LogP contribution in [0, 0.1) is 6.92 Å². The van der Waals surface area contributed by atoms with Crippen LogP contribution in [0.4, 0.5) is 0 Å². The van der Waals surface area contributed by atoms with Gasteiger partial charge in [-0.1, -0.05) is 18.2 Å². The summed E-state index contributed by atoms with van der Waals surface area (Å²) in [6.07, 6.45) is 2.27. The van der Waals surface area contributed by atoms with E-state index in [0.29, 0.717) is 29.0 Å². The highest BCUT2D eigenvalue weighted by Gasteiger charge is 2.25. The van der Waals surface area contributed by atoms with Crippen molar-refractivity contribution in [2.24, 2.45) is 0 Å². The van der Waals surface area contributed by atoms with Gasteiger partial charge in [0.25, 0.3) is 0 Å². The smallest absolute Gasteiger partial charge is 0.336 e. The Morgan fingerprint density at radius 2 is 2.04 bits per heavy atom. The molecule has 1 fully saturated rings. The number of piperidine rings is 1. The van der Waals surface area contributed by atoms with Gasteiger partial charge in [0.15, 0.2) is 0 Å². The maximum Gasteiger partial charge on any atom is 0.336 e. The highest BCUT2D eigenvalue weighted by Crippen LogP contribution is 2.30. The molecule has 1 aromatic heterocycles. The maximum atomic E-state index is 11.5. The van der Waals surface area contributed by atoms with Crippen molar-refractivity contribution in [1.82, 2.24) is 14.9 Å². The first-order valence-electron chi connectivity index (χ1n) is 8.88. The van der Waals surface area contributed by atoms with Crippen molar-refractivity contribution in [3.63, 3.8) is 0 Å². The molecule has 0 spiro atoms. The van der Waals surface area contributed by atoms with E-state index in [2.05, 4.69) is 28.7 Å². The topological polar surface area (TPSA) is 66.3 Å². The van der Waals surface area contributed by atoms with Crippen molar-refractivity contribution in [3.05, 3.63) is 47.4 Å². The Labute approximate surface area is 148 Å². The van der Waals surface area contributed by atoms with Crippen LogP contribution in [0.15, 0.2) is 30.3 Å². The van der Waals surface area contributed by atoms with E-state index in [1.807, 2.05) is 25.1 Å². The van der Waals surface area contributed by atoms with Gasteiger partial charge in [0, 0.05) is 29.8 Å². The van der Waals surface area contributed by atoms with Crippen LogP contribution < -0.4 is 0 Å². The number of nitrogens with zero attached hydrogens (tertiary/aromatic N) is 3. The van der Waals surface area contributed by atoms with Gasteiger partial charge in [-0.25, -0.2) is 14.8 Å². The maximum absolute atomic E-state index is 11.5. The van der Waals surface area contributed by atoms with Crippen LogP contribution in [-0.4, -0.2) is 45.1 Å². The number of likely N-dealkylation sites (tertiary alicyclic amines) is 1. The lowest BCUT2D eigenvalue weighted by atomic mass is 9.92. The number of carboxylic acids is 1. The van der Waals surface area contributed by atoms with E-state index in [-0.39, 0.29) is 5.56 Å². The van der Waals surface area contributed by atoms with Gasteiger partial charge in [0.05, 0.1) is 11.3 Å². The van der Waals surface area contributed by atoms with E-state index in [1.165, 1.54) is 0 Å². The van der Waals surface area contributed by atoms with Gasteiger partial charge in [-0.3, -0.25) is 0 Å². The number of rotatable bonds is 4. The van der Waals surface area contributed by atoms with Crippen LogP contribution in [0.1, 0.15) is 54.5 Å². The minimum atomic E-state index is -0.933. The molecule has 1 N–H and O–H groups in total. The lowest BCUT2D eigenvalue weighted by Gasteiger charge is -2.35. The van der Waals surface area contributed by atoms with E-state index in [1.54, 1.807) is 12.1 Å². The summed E-state index contributed by atoms with van der Waals surface area (Å²) in [5.41, 5.74) is 2.65. The first-order valence-corrected chi connectivity index (χ1v) is 8.88. The predicted octanol–water partition coefficient (Wildman–Crippen LogP) is 3.74. The Morgan fingerprint density at radius 1 is 1.28 bits per heavy atom. The average Bonchev–Trinajstić information content (AvgIpc) is 2.61. The summed E-state index contributed by atoms with van der Waals surface area (Å²) >= 11 is 0. The van der Waals surface area contributed by atoms with Crippen molar-refractivity contribution in [2.45, 2.75) is 45.6 Å². The van der Waals surface area contributed by atoms with Crippen molar-refractivity contribution < 1.29 is 9.90 Å². The summed E-state index contributed by atoms with van der Waals surface area (Å²) in [7, 11) is 0. The molecule has 0 bridgehead atoms. The van der Waals surface area contributed by atoms with Crippen LogP contribution in [-0.2, 0) is 0 Å². The third-order valence-corrected chi connectivity index (χ3v) is 4.89. The SMILES string of the molecule is Cc1nc(-c2ccccc2C(=O)O)cc(C2CCCN(C(C)C)C2)n1. The van der Waals surface area contributed by atoms with Crippen molar-refractivity contribution in [2.75, 3.05) is 13.1 Å². The Bertz CT molecular complexity index is 773. The summed E-state index contributed by atoms with van der Waals surface area (Å²) in [5, 5.41) is 9.46. The molecular formula is C20H25N3O2. The summed E-state index contributed by atoms with van der Waals surface area (Å²) in [5.74, 6) is 0.125. The highest BCUT2D eigenvalue weighted by molar-refractivity contribution is 5.95. The predicted molar refractivity (Wildman–Crippen MR) is 97.8 cm³/mol. The minimum absolute atomic E-state index is 0.277. The molecule has 1 atom stereocenters. The number of hydrogen-bond donors (Lipinski definition) is 1. The molecule has 0 saturated carbocycles. The van der Waals surface area contributed by atoms with Gasteiger partial charge in [0.2, 0.25) is 0 Å². The molecule has 1 unspecified atom stereocenters. The molecule has 1 aromatic carbocycles. The monoisotopic (exact) mass is 339 g/mol. The molecule has 0 radical (unpaired) electrons. The first-order chi connectivity index (χ1) is 12.0. The average molecular weight is 339 g/mol. The Balaban J connectivity index is 1.98. The number of aromatic carboxylic acids is 1.